The number of likely N-dealkylation sites (tertiary alicyclic amines) is 1. The van der Waals surface area contributed by atoms with Crippen LogP contribution in [0.25, 0.3) is 0 Å². The molecule has 0 bridgehead atoms. The molecule has 2 atom stereocenters. The SMILES string of the molecule is C[C@H]1C[C@H](c2ccccc2C(=O)O)CN1C(=O)OC(C)(C)C. The van der Waals surface area contributed by atoms with Crippen molar-refractivity contribution >= 4 is 12.1 Å². The minimum Gasteiger partial charge on any atom is -0.478 e. The maximum absolute atomic E-state index is 12.3. The number of ether oxygens (including phenoxy) is 1. The minimum absolute atomic E-state index is 0.0230. The molecule has 1 amide bonds. The fourth-order valence-corrected chi connectivity index (χ4v) is 2.88. The van der Waals surface area contributed by atoms with Gasteiger partial charge >= 0.3 is 12.1 Å². The molecule has 1 aliphatic rings. The van der Waals surface area contributed by atoms with E-state index in [0.29, 0.717) is 12.1 Å². The zero-order valence-electron chi connectivity index (χ0n) is 13.5. The Kier molecular flexibility index (Phi) is 4.44. The lowest BCUT2D eigenvalue weighted by molar-refractivity contribution is 0.0237. The van der Waals surface area contributed by atoms with Crippen molar-refractivity contribution in [1.29, 1.82) is 0 Å². The van der Waals surface area contributed by atoms with Crippen molar-refractivity contribution in [3.05, 3.63) is 35.4 Å². The molecule has 5 heteroatoms. The van der Waals surface area contributed by atoms with Crippen LogP contribution >= 0.6 is 0 Å². The van der Waals surface area contributed by atoms with Crippen LogP contribution in [-0.2, 0) is 4.74 Å². The van der Waals surface area contributed by atoms with Crippen LogP contribution in [-0.4, -0.2) is 40.3 Å². The standard InChI is InChI=1S/C17H23NO4/c1-11-9-12(10-18(11)16(21)22-17(2,3)4)13-7-5-6-8-14(13)15(19)20/h5-8,11-12H,9-10H2,1-4H3,(H,19,20)/t11-,12-/m0/s1. The predicted octanol–water partition coefficient (Wildman–Crippen LogP) is 3.50. The van der Waals surface area contributed by atoms with E-state index in [1.807, 2.05) is 39.8 Å². The molecule has 1 N–H and O–H groups in total. The average Bonchev–Trinajstić information content (AvgIpc) is 2.79. The van der Waals surface area contributed by atoms with Crippen LogP contribution in [0.2, 0.25) is 0 Å². The van der Waals surface area contributed by atoms with Crippen LogP contribution < -0.4 is 0 Å². The van der Waals surface area contributed by atoms with Crippen LogP contribution in [0.15, 0.2) is 24.3 Å². The summed E-state index contributed by atoms with van der Waals surface area (Å²) in [5.41, 5.74) is 0.562. The third-order valence-electron chi connectivity index (χ3n) is 3.83. The molecule has 1 aromatic carbocycles. The summed E-state index contributed by atoms with van der Waals surface area (Å²) in [4.78, 5) is 25.3. The molecule has 5 nitrogen and oxygen atoms in total. The number of rotatable bonds is 2. The van der Waals surface area contributed by atoms with Crippen LogP contribution in [0.3, 0.4) is 0 Å². The van der Waals surface area contributed by atoms with E-state index in [1.165, 1.54) is 0 Å². The highest BCUT2D eigenvalue weighted by atomic mass is 16.6. The van der Waals surface area contributed by atoms with E-state index < -0.39 is 11.6 Å². The first-order valence-electron chi connectivity index (χ1n) is 7.51. The summed E-state index contributed by atoms with van der Waals surface area (Å²) >= 11 is 0. The third-order valence-corrected chi connectivity index (χ3v) is 3.83. The van der Waals surface area contributed by atoms with Crippen LogP contribution in [0, 0.1) is 0 Å². The molecule has 0 aliphatic carbocycles. The van der Waals surface area contributed by atoms with Gasteiger partial charge in [0.15, 0.2) is 0 Å². The average molecular weight is 305 g/mol. The van der Waals surface area contributed by atoms with Gasteiger partial charge in [-0.2, -0.15) is 0 Å². The van der Waals surface area contributed by atoms with Crippen molar-refractivity contribution in [1.82, 2.24) is 4.90 Å². The van der Waals surface area contributed by atoms with Crippen LogP contribution in [0.5, 0.6) is 0 Å². The molecule has 0 saturated carbocycles. The van der Waals surface area contributed by atoms with E-state index in [0.717, 1.165) is 12.0 Å². The largest absolute Gasteiger partial charge is 0.478 e. The first kappa shape index (κ1) is 16.3. The number of carboxylic acid groups (broad SMARTS) is 1. The summed E-state index contributed by atoms with van der Waals surface area (Å²) in [5, 5.41) is 9.31. The number of carboxylic acids is 1. The van der Waals surface area contributed by atoms with Gasteiger partial charge in [0, 0.05) is 18.5 Å². The number of carbonyl (C=O) groups is 2. The van der Waals surface area contributed by atoms with E-state index in [1.54, 1.807) is 17.0 Å². The quantitative estimate of drug-likeness (QED) is 0.908. The molecule has 1 fully saturated rings. The first-order chi connectivity index (χ1) is 10.2. The van der Waals surface area contributed by atoms with Crippen LogP contribution in [0.4, 0.5) is 4.79 Å². The van der Waals surface area contributed by atoms with E-state index in [4.69, 9.17) is 4.74 Å². The molecule has 120 valence electrons. The fourth-order valence-electron chi connectivity index (χ4n) is 2.88. The lowest BCUT2D eigenvalue weighted by Crippen LogP contribution is -2.38. The summed E-state index contributed by atoms with van der Waals surface area (Å²) in [6.07, 6.45) is 0.402. The smallest absolute Gasteiger partial charge is 0.410 e. The number of carbonyl (C=O) groups excluding carboxylic acids is 1. The van der Waals surface area contributed by atoms with Crippen molar-refractivity contribution in [2.45, 2.75) is 51.7 Å². The lowest BCUT2D eigenvalue weighted by atomic mass is 9.92. The van der Waals surface area contributed by atoms with Gasteiger partial charge in [0.05, 0.1) is 5.56 Å². The Bertz CT molecular complexity index is 576. The Morgan fingerprint density at radius 1 is 1.27 bits per heavy atom. The third kappa shape index (κ3) is 3.59. The van der Waals surface area contributed by atoms with Gasteiger partial charge in [-0.1, -0.05) is 18.2 Å². The maximum Gasteiger partial charge on any atom is 0.410 e. The van der Waals surface area contributed by atoms with Crippen molar-refractivity contribution in [2.75, 3.05) is 6.54 Å². The van der Waals surface area contributed by atoms with Gasteiger partial charge in [0.2, 0.25) is 0 Å². The van der Waals surface area contributed by atoms with Crippen molar-refractivity contribution < 1.29 is 19.4 Å². The second kappa shape index (κ2) is 5.99. The fraction of sp³-hybridized carbons (Fsp3) is 0.529. The highest BCUT2D eigenvalue weighted by Crippen LogP contribution is 2.34. The second-order valence-corrected chi connectivity index (χ2v) is 6.81. The zero-order chi connectivity index (χ0) is 16.5. The van der Waals surface area contributed by atoms with Gasteiger partial charge in [-0.3, -0.25) is 0 Å². The van der Waals surface area contributed by atoms with Gasteiger partial charge in [-0.05, 0) is 45.7 Å². The summed E-state index contributed by atoms with van der Waals surface area (Å²) in [6.45, 7) is 7.96. The molecule has 1 heterocycles. The van der Waals surface area contributed by atoms with E-state index in [2.05, 4.69) is 0 Å². The normalized spacial score (nSPS) is 21.7. The molecule has 0 aromatic heterocycles. The monoisotopic (exact) mass is 305 g/mol. The second-order valence-electron chi connectivity index (χ2n) is 6.81. The van der Waals surface area contributed by atoms with Gasteiger partial charge < -0.3 is 14.7 Å². The Labute approximate surface area is 130 Å². The molecule has 0 radical (unpaired) electrons. The molecule has 22 heavy (non-hydrogen) atoms. The first-order valence-corrected chi connectivity index (χ1v) is 7.51. The minimum atomic E-state index is -0.932. The number of nitrogens with zero attached hydrogens (tertiary/aromatic N) is 1. The molecule has 1 saturated heterocycles. The molecule has 1 aromatic rings. The Morgan fingerprint density at radius 3 is 2.50 bits per heavy atom. The highest BCUT2D eigenvalue weighted by molar-refractivity contribution is 5.89. The number of hydrogen-bond acceptors (Lipinski definition) is 3. The molecule has 0 unspecified atom stereocenters. The highest BCUT2D eigenvalue weighted by Gasteiger charge is 2.36. The molecular formula is C17H23NO4. The van der Waals surface area contributed by atoms with Gasteiger partial charge in [0.1, 0.15) is 5.60 Å². The molecule has 2 rings (SSSR count). The van der Waals surface area contributed by atoms with Gasteiger partial charge in [-0.25, -0.2) is 9.59 Å². The van der Waals surface area contributed by atoms with Crippen molar-refractivity contribution in [3.63, 3.8) is 0 Å². The number of hydrogen-bond donors (Lipinski definition) is 1. The molecular weight excluding hydrogens is 282 g/mol. The summed E-state index contributed by atoms with van der Waals surface area (Å²) in [5.74, 6) is -0.909. The predicted molar refractivity (Wildman–Crippen MR) is 83.2 cm³/mol. The van der Waals surface area contributed by atoms with Gasteiger partial charge in [-0.15, -0.1) is 0 Å². The Balaban J connectivity index is 2.18. The lowest BCUT2D eigenvalue weighted by Gasteiger charge is -2.27. The topological polar surface area (TPSA) is 66.8 Å². The summed E-state index contributed by atoms with van der Waals surface area (Å²) in [7, 11) is 0. The van der Waals surface area contributed by atoms with E-state index in [9.17, 15) is 14.7 Å². The summed E-state index contributed by atoms with van der Waals surface area (Å²) in [6, 6.07) is 7.03. The molecule has 1 aliphatic heterocycles. The van der Waals surface area contributed by atoms with Gasteiger partial charge in [0.25, 0.3) is 0 Å². The number of aromatic carboxylic acids is 1. The van der Waals surface area contributed by atoms with E-state index in [-0.39, 0.29) is 18.1 Å². The van der Waals surface area contributed by atoms with Crippen molar-refractivity contribution in [3.8, 4) is 0 Å². The van der Waals surface area contributed by atoms with Crippen LogP contribution in [0.1, 0.15) is 56.0 Å². The number of amides is 1. The maximum atomic E-state index is 12.3. The van der Waals surface area contributed by atoms with E-state index >= 15 is 0 Å². The summed E-state index contributed by atoms with van der Waals surface area (Å²) < 4.78 is 5.42. The number of benzene rings is 1. The molecule has 0 spiro atoms. The Morgan fingerprint density at radius 2 is 1.91 bits per heavy atom. The van der Waals surface area contributed by atoms with Crippen molar-refractivity contribution in [2.24, 2.45) is 0 Å². The zero-order valence-corrected chi connectivity index (χ0v) is 13.5. The Hall–Kier alpha value is -2.04.